The van der Waals surface area contributed by atoms with Gasteiger partial charge in [0.25, 0.3) is 11.6 Å². The van der Waals surface area contributed by atoms with Crippen molar-refractivity contribution in [2.24, 2.45) is 0 Å². The van der Waals surface area contributed by atoms with E-state index in [9.17, 15) is 20.0 Å². The highest BCUT2D eigenvalue weighted by Crippen LogP contribution is 2.33. The number of aromatic hydroxyl groups is 1. The number of nitrogens with one attached hydrogen (secondary N) is 1. The number of anilines is 1. The van der Waals surface area contributed by atoms with Gasteiger partial charge in [0.2, 0.25) is 5.88 Å². The van der Waals surface area contributed by atoms with E-state index in [1.54, 1.807) is 0 Å². The Morgan fingerprint density at radius 1 is 1.38 bits per heavy atom. The van der Waals surface area contributed by atoms with Crippen LogP contribution >= 0.6 is 0 Å². The minimum Gasteiger partial charge on any atom is -0.505 e. The maximum atomic E-state index is 12.2. The van der Waals surface area contributed by atoms with Gasteiger partial charge < -0.3 is 15.2 Å². The number of carbonyl (C=O) groups is 1. The Balaban J connectivity index is 2.38. The second-order valence-electron chi connectivity index (χ2n) is 3.94. The molecule has 0 saturated heterocycles. The van der Waals surface area contributed by atoms with Gasteiger partial charge in [0.15, 0.2) is 5.69 Å². The maximum absolute atomic E-state index is 12.2. The predicted octanol–water partition coefficient (Wildman–Crippen LogP) is 1.96. The number of hydrogen-bond acceptors (Lipinski definition) is 6. The minimum absolute atomic E-state index is 0.0769. The third-order valence-corrected chi connectivity index (χ3v) is 2.66. The van der Waals surface area contributed by atoms with Crippen molar-refractivity contribution in [2.75, 3.05) is 12.4 Å². The average molecular weight is 289 g/mol. The number of methoxy groups -OCH3 is 1. The third kappa shape index (κ3) is 2.89. The molecular weight excluding hydrogens is 278 g/mol. The number of aromatic nitrogens is 1. The number of carbonyl (C=O) groups excluding carboxylic acids is 1. The van der Waals surface area contributed by atoms with Crippen molar-refractivity contribution >= 4 is 17.3 Å². The minimum atomic E-state index is -0.699. The summed E-state index contributed by atoms with van der Waals surface area (Å²) >= 11 is 0. The van der Waals surface area contributed by atoms with Gasteiger partial charge in [0, 0.05) is 12.3 Å². The molecule has 2 rings (SSSR count). The zero-order valence-electron chi connectivity index (χ0n) is 10.9. The van der Waals surface area contributed by atoms with Crippen LogP contribution < -0.4 is 10.1 Å². The standard InChI is InChI=1S/C13H11N3O5/c1-21-13-8(4-3-7-14-13)12(18)15-11-9(16(19)20)5-2-6-10(11)17/h2-7,17H,1H3,(H,15,18). The summed E-state index contributed by atoms with van der Waals surface area (Å²) in [6, 6.07) is 6.70. The molecule has 0 unspecified atom stereocenters. The van der Waals surface area contributed by atoms with Gasteiger partial charge in [-0.05, 0) is 18.2 Å². The summed E-state index contributed by atoms with van der Waals surface area (Å²) in [5.74, 6) is -1.00. The number of phenolic OH excluding ortho intramolecular Hbond substituents is 1. The lowest BCUT2D eigenvalue weighted by molar-refractivity contribution is -0.384. The zero-order valence-corrected chi connectivity index (χ0v) is 10.9. The van der Waals surface area contributed by atoms with Crippen LogP contribution in [0.15, 0.2) is 36.5 Å². The highest BCUT2D eigenvalue weighted by atomic mass is 16.6. The van der Waals surface area contributed by atoms with E-state index in [0.717, 1.165) is 0 Å². The summed E-state index contributed by atoms with van der Waals surface area (Å²) in [5.41, 5.74) is -0.595. The molecule has 0 aliphatic heterocycles. The summed E-state index contributed by atoms with van der Waals surface area (Å²) in [4.78, 5) is 26.2. The lowest BCUT2D eigenvalue weighted by atomic mass is 10.2. The van der Waals surface area contributed by atoms with E-state index in [1.807, 2.05) is 0 Å². The number of hydrogen-bond donors (Lipinski definition) is 2. The van der Waals surface area contributed by atoms with Crippen molar-refractivity contribution in [3.63, 3.8) is 0 Å². The number of amides is 1. The Hall–Kier alpha value is -3.16. The molecule has 0 fully saturated rings. The molecular formula is C13H11N3O5. The van der Waals surface area contributed by atoms with Crippen molar-refractivity contribution in [1.82, 2.24) is 4.98 Å². The molecule has 0 spiro atoms. The molecule has 1 heterocycles. The second kappa shape index (κ2) is 5.87. The highest BCUT2D eigenvalue weighted by molar-refractivity contribution is 6.07. The SMILES string of the molecule is COc1ncccc1C(=O)Nc1c(O)cccc1[N+](=O)[O-]. The van der Waals surface area contributed by atoms with Gasteiger partial charge in [-0.25, -0.2) is 4.98 Å². The van der Waals surface area contributed by atoms with E-state index >= 15 is 0 Å². The fourth-order valence-corrected chi connectivity index (χ4v) is 1.72. The number of nitro groups is 1. The molecule has 21 heavy (non-hydrogen) atoms. The first-order valence-electron chi connectivity index (χ1n) is 5.81. The van der Waals surface area contributed by atoms with Gasteiger partial charge in [-0.2, -0.15) is 0 Å². The summed E-state index contributed by atoms with van der Waals surface area (Å²) in [6.45, 7) is 0. The molecule has 1 aromatic heterocycles. The van der Waals surface area contributed by atoms with Crippen molar-refractivity contribution in [3.05, 3.63) is 52.2 Å². The van der Waals surface area contributed by atoms with Crippen LogP contribution in [0.2, 0.25) is 0 Å². The van der Waals surface area contributed by atoms with E-state index in [0.29, 0.717) is 0 Å². The zero-order chi connectivity index (χ0) is 15.4. The van der Waals surface area contributed by atoms with Crippen LogP contribution in [-0.4, -0.2) is 28.0 Å². The third-order valence-electron chi connectivity index (χ3n) is 2.66. The Morgan fingerprint density at radius 2 is 2.14 bits per heavy atom. The van der Waals surface area contributed by atoms with E-state index in [1.165, 1.54) is 43.6 Å². The first kappa shape index (κ1) is 14.3. The van der Waals surface area contributed by atoms with E-state index in [4.69, 9.17) is 4.74 Å². The fourth-order valence-electron chi connectivity index (χ4n) is 1.72. The predicted molar refractivity (Wildman–Crippen MR) is 73.5 cm³/mol. The molecule has 0 radical (unpaired) electrons. The monoisotopic (exact) mass is 289 g/mol. The number of ether oxygens (including phenoxy) is 1. The first-order valence-corrected chi connectivity index (χ1v) is 5.81. The molecule has 1 amide bonds. The van der Waals surface area contributed by atoms with Crippen LogP contribution in [0.5, 0.6) is 11.6 Å². The Kier molecular flexibility index (Phi) is 3.98. The number of phenols is 1. The number of rotatable bonds is 4. The molecule has 8 nitrogen and oxygen atoms in total. The van der Waals surface area contributed by atoms with Crippen molar-refractivity contribution < 1.29 is 19.6 Å². The van der Waals surface area contributed by atoms with E-state index in [-0.39, 0.29) is 17.1 Å². The van der Waals surface area contributed by atoms with Crippen molar-refractivity contribution in [3.8, 4) is 11.6 Å². The quantitative estimate of drug-likeness (QED) is 0.505. The lowest BCUT2D eigenvalue weighted by Crippen LogP contribution is -2.15. The van der Waals surface area contributed by atoms with Gasteiger partial charge >= 0.3 is 0 Å². The maximum Gasteiger partial charge on any atom is 0.296 e. The molecule has 0 aliphatic carbocycles. The Bertz CT molecular complexity index is 702. The first-order chi connectivity index (χ1) is 10.0. The topological polar surface area (TPSA) is 115 Å². The summed E-state index contributed by atoms with van der Waals surface area (Å²) in [5, 5.41) is 22.9. The van der Waals surface area contributed by atoms with Gasteiger partial charge in [-0.3, -0.25) is 14.9 Å². The molecule has 2 N–H and O–H groups in total. The molecule has 2 aromatic rings. The van der Waals surface area contributed by atoms with Gasteiger partial charge in [-0.1, -0.05) is 6.07 Å². The molecule has 1 aromatic carbocycles. The average Bonchev–Trinajstić information content (AvgIpc) is 2.48. The summed E-state index contributed by atoms with van der Waals surface area (Å²) < 4.78 is 4.94. The van der Waals surface area contributed by atoms with E-state index in [2.05, 4.69) is 10.3 Å². The van der Waals surface area contributed by atoms with Crippen LogP contribution in [0.25, 0.3) is 0 Å². The lowest BCUT2D eigenvalue weighted by Gasteiger charge is -2.09. The normalized spacial score (nSPS) is 9.95. The van der Waals surface area contributed by atoms with Crippen LogP contribution in [-0.2, 0) is 0 Å². The summed E-state index contributed by atoms with van der Waals surface area (Å²) in [7, 11) is 1.35. The van der Waals surface area contributed by atoms with Gasteiger partial charge in [0.1, 0.15) is 11.3 Å². The van der Waals surface area contributed by atoms with Gasteiger partial charge in [0.05, 0.1) is 12.0 Å². The molecule has 0 saturated carbocycles. The van der Waals surface area contributed by atoms with E-state index < -0.39 is 22.3 Å². The number of benzene rings is 1. The molecule has 108 valence electrons. The van der Waals surface area contributed by atoms with Gasteiger partial charge in [-0.15, -0.1) is 0 Å². The smallest absolute Gasteiger partial charge is 0.296 e. The summed E-state index contributed by atoms with van der Waals surface area (Å²) in [6.07, 6.45) is 1.44. The number of nitrogens with zero attached hydrogens (tertiary/aromatic N) is 2. The Morgan fingerprint density at radius 3 is 2.81 bits per heavy atom. The fraction of sp³-hybridized carbons (Fsp3) is 0.0769. The number of pyridine rings is 1. The van der Waals surface area contributed by atoms with Crippen molar-refractivity contribution in [2.45, 2.75) is 0 Å². The van der Waals surface area contributed by atoms with Crippen molar-refractivity contribution in [1.29, 1.82) is 0 Å². The molecule has 0 bridgehead atoms. The number of nitro benzene ring substituents is 1. The highest BCUT2D eigenvalue weighted by Gasteiger charge is 2.21. The molecule has 0 aliphatic rings. The van der Waals surface area contributed by atoms with Crippen LogP contribution in [0.3, 0.4) is 0 Å². The Labute approximate surface area is 119 Å². The van der Waals surface area contributed by atoms with Crippen LogP contribution in [0.1, 0.15) is 10.4 Å². The van der Waals surface area contributed by atoms with Crippen LogP contribution in [0, 0.1) is 10.1 Å². The second-order valence-corrected chi connectivity index (χ2v) is 3.94. The molecule has 0 atom stereocenters. The molecule has 8 heteroatoms. The van der Waals surface area contributed by atoms with Crippen LogP contribution in [0.4, 0.5) is 11.4 Å². The largest absolute Gasteiger partial charge is 0.505 e. The number of para-hydroxylation sites is 1.